The minimum atomic E-state index is -0.516. The highest BCUT2D eigenvalue weighted by atomic mass is 19.1. The number of benzene rings is 1. The summed E-state index contributed by atoms with van der Waals surface area (Å²) in [6.07, 6.45) is 2.73. The van der Waals surface area contributed by atoms with Crippen LogP contribution in [0, 0.1) is 11.7 Å². The van der Waals surface area contributed by atoms with Gasteiger partial charge in [-0.05, 0) is 37.1 Å². The molecule has 5 nitrogen and oxygen atoms in total. The van der Waals surface area contributed by atoms with E-state index >= 15 is 0 Å². The van der Waals surface area contributed by atoms with Gasteiger partial charge in [-0.25, -0.2) is 9.37 Å². The third-order valence-corrected chi connectivity index (χ3v) is 4.17. The quantitative estimate of drug-likeness (QED) is 0.943. The Labute approximate surface area is 139 Å². The number of nitrogens with zero attached hydrogens (tertiary/aromatic N) is 2. The van der Waals surface area contributed by atoms with Crippen molar-refractivity contribution in [2.75, 3.05) is 18.4 Å². The summed E-state index contributed by atoms with van der Waals surface area (Å²) in [4.78, 5) is 30.3. The summed E-state index contributed by atoms with van der Waals surface area (Å²) < 4.78 is 13.7. The van der Waals surface area contributed by atoms with E-state index in [2.05, 4.69) is 10.3 Å². The standard InChI is InChI=1S/C18H18FN3O2/c19-15-6-2-1-5-14(15)18(24)22-11-8-13(9-12-22)17(23)21-16-7-3-4-10-20-16/h1-7,10,13H,8-9,11-12H2,(H,20,21,23). The average Bonchev–Trinajstić information content (AvgIpc) is 2.62. The molecule has 2 aromatic rings. The first-order chi connectivity index (χ1) is 11.6. The molecule has 0 spiro atoms. The smallest absolute Gasteiger partial charge is 0.256 e. The number of piperidine rings is 1. The van der Waals surface area contributed by atoms with Crippen LogP contribution in [0.15, 0.2) is 48.7 Å². The zero-order chi connectivity index (χ0) is 16.9. The number of amides is 2. The van der Waals surface area contributed by atoms with Gasteiger partial charge in [-0.3, -0.25) is 9.59 Å². The van der Waals surface area contributed by atoms with E-state index in [1.54, 1.807) is 41.4 Å². The van der Waals surface area contributed by atoms with Crippen LogP contribution in [0.5, 0.6) is 0 Å². The van der Waals surface area contributed by atoms with Crippen molar-refractivity contribution < 1.29 is 14.0 Å². The Morgan fingerprint density at radius 2 is 1.79 bits per heavy atom. The monoisotopic (exact) mass is 327 g/mol. The van der Waals surface area contributed by atoms with Crippen molar-refractivity contribution in [2.45, 2.75) is 12.8 Å². The molecular weight excluding hydrogens is 309 g/mol. The van der Waals surface area contributed by atoms with Crippen molar-refractivity contribution in [1.82, 2.24) is 9.88 Å². The highest BCUT2D eigenvalue weighted by Crippen LogP contribution is 2.21. The Balaban J connectivity index is 1.57. The number of carbonyl (C=O) groups excluding carboxylic acids is 2. The first kappa shape index (κ1) is 16.1. The van der Waals surface area contributed by atoms with Crippen LogP contribution in [0.2, 0.25) is 0 Å². The van der Waals surface area contributed by atoms with Crippen LogP contribution in [-0.2, 0) is 4.79 Å². The Morgan fingerprint density at radius 3 is 2.46 bits per heavy atom. The van der Waals surface area contributed by atoms with Crippen LogP contribution in [0.25, 0.3) is 0 Å². The molecule has 0 atom stereocenters. The molecule has 0 radical (unpaired) electrons. The van der Waals surface area contributed by atoms with E-state index in [4.69, 9.17) is 0 Å². The van der Waals surface area contributed by atoms with E-state index in [0.29, 0.717) is 31.7 Å². The lowest BCUT2D eigenvalue weighted by atomic mass is 9.95. The summed E-state index contributed by atoms with van der Waals surface area (Å²) in [5, 5.41) is 2.78. The highest BCUT2D eigenvalue weighted by Gasteiger charge is 2.28. The van der Waals surface area contributed by atoms with Crippen LogP contribution in [0.4, 0.5) is 10.2 Å². The molecule has 0 aliphatic carbocycles. The van der Waals surface area contributed by atoms with E-state index in [9.17, 15) is 14.0 Å². The first-order valence-corrected chi connectivity index (χ1v) is 7.91. The summed E-state index contributed by atoms with van der Waals surface area (Å²) in [7, 11) is 0. The number of likely N-dealkylation sites (tertiary alicyclic amines) is 1. The molecule has 2 amide bonds. The summed E-state index contributed by atoms with van der Waals surface area (Å²) >= 11 is 0. The molecule has 124 valence electrons. The molecular formula is C18H18FN3O2. The van der Waals surface area contributed by atoms with Crippen molar-refractivity contribution in [3.05, 3.63) is 60.0 Å². The molecule has 2 heterocycles. The maximum absolute atomic E-state index is 13.7. The maximum Gasteiger partial charge on any atom is 0.256 e. The van der Waals surface area contributed by atoms with Gasteiger partial charge < -0.3 is 10.2 Å². The predicted molar refractivity (Wildman–Crippen MR) is 87.9 cm³/mol. The van der Waals surface area contributed by atoms with E-state index in [0.717, 1.165) is 0 Å². The number of anilines is 1. The minimum absolute atomic E-state index is 0.0777. The van der Waals surface area contributed by atoms with E-state index in [-0.39, 0.29) is 23.3 Å². The van der Waals surface area contributed by atoms with Crippen LogP contribution in [0.3, 0.4) is 0 Å². The van der Waals surface area contributed by atoms with Crippen LogP contribution >= 0.6 is 0 Å². The van der Waals surface area contributed by atoms with Gasteiger partial charge in [0.25, 0.3) is 5.91 Å². The van der Waals surface area contributed by atoms with Gasteiger partial charge in [-0.1, -0.05) is 18.2 Å². The number of carbonyl (C=O) groups is 2. The Kier molecular flexibility index (Phi) is 4.84. The number of hydrogen-bond donors (Lipinski definition) is 1. The zero-order valence-electron chi connectivity index (χ0n) is 13.1. The number of aromatic nitrogens is 1. The van der Waals surface area contributed by atoms with Crippen molar-refractivity contribution in [2.24, 2.45) is 5.92 Å². The van der Waals surface area contributed by atoms with Crippen molar-refractivity contribution in [3.63, 3.8) is 0 Å². The summed E-state index contributed by atoms with van der Waals surface area (Å²) in [5.74, 6) is -0.579. The van der Waals surface area contributed by atoms with Crippen LogP contribution in [-0.4, -0.2) is 34.8 Å². The van der Waals surface area contributed by atoms with Gasteiger partial charge in [0.05, 0.1) is 5.56 Å². The second-order valence-corrected chi connectivity index (χ2v) is 5.75. The molecule has 0 saturated carbocycles. The normalized spacial score (nSPS) is 15.1. The molecule has 1 aliphatic rings. The van der Waals surface area contributed by atoms with Crippen molar-refractivity contribution >= 4 is 17.6 Å². The van der Waals surface area contributed by atoms with Gasteiger partial charge in [0, 0.05) is 25.2 Å². The molecule has 24 heavy (non-hydrogen) atoms. The van der Waals surface area contributed by atoms with Gasteiger partial charge in [0.2, 0.25) is 5.91 Å². The summed E-state index contributed by atoms with van der Waals surface area (Å²) in [6, 6.07) is 11.3. The third-order valence-electron chi connectivity index (χ3n) is 4.17. The zero-order valence-corrected chi connectivity index (χ0v) is 13.1. The number of pyridine rings is 1. The fraction of sp³-hybridized carbons (Fsp3) is 0.278. The molecule has 1 fully saturated rings. The van der Waals surface area contributed by atoms with Gasteiger partial charge >= 0.3 is 0 Å². The Bertz CT molecular complexity index is 728. The third kappa shape index (κ3) is 3.59. The Hall–Kier alpha value is -2.76. The first-order valence-electron chi connectivity index (χ1n) is 7.91. The van der Waals surface area contributed by atoms with Crippen LogP contribution in [0.1, 0.15) is 23.2 Å². The largest absolute Gasteiger partial charge is 0.339 e. The summed E-state index contributed by atoms with van der Waals surface area (Å²) in [6.45, 7) is 0.876. The van der Waals surface area contributed by atoms with Gasteiger partial charge in [-0.15, -0.1) is 0 Å². The molecule has 3 rings (SSSR count). The molecule has 6 heteroatoms. The topological polar surface area (TPSA) is 62.3 Å². The fourth-order valence-corrected chi connectivity index (χ4v) is 2.81. The second-order valence-electron chi connectivity index (χ2n) is 5.75. The van der Waals surface area contributed by atoms with E-state index < -0.39 is 5.82 Å². The minimum Gasteiger partial charge on any atom is -0.339 e. The molecule has 1 aromatic carbocycles. The molecule has 0 unspecified atom stereocenters. The second kappa shape index (κ2) is 7.21. The lowest BCUT2D eigenvalue weighted by Gasteiger charge is -2.31. The molecule has 1 aromatic heterocycles. The maximum atomic E-state index is 13.7. The van der Waals surface area contributed by atoms with E-state index in [1.807, 2.05) is 0 Å². The van der Waals surface area contributed by atoms with Crippen molar-refractivity contribution in [3.8, 4) is 0 Å². The number of nitrogens with one attached hydrogen (secondary N) is 1. The highest BCUT2D eigenvalue weighted by molar-refractivity contribution is 5.95. The molecule has 1 N–H and O–H groups in total. The Morgan fingerprint density at radius 1 is 1.08 bits per heavy atom. The van der Waals surface area contributed by atoms with E-state index in [1.165, 1.54) is 12.1 Å². The number of hydrogen-bond acceptors (Lipinski definition) is 3. The van der Waals surface area contributed by atoms with Gasteiger partial charge in [-0.2, -0.15) is 0 Å². The average molecular weight is 327 g/mol. The lowest BCUT2D eigenvalue weighted by Crippen LogP contribution is -2.41. The number of halogens is 1. The molecule has 1 aliphatic heterocycles. The predicted octanol–water partition coefficient (Wildman–Crippen LogP) is 2.71. The fourth-order valence-electron chi connectivity index (χ4n) is 2.81. The summed E-state index contributed by atoms with van der Waals surface area (Å²) in [5.41, 5.74) is 0.0777. The lowest BCUT2D eigenvalue weighted by molar-refractivity contribution is -0.121. The van der Waals surface area contributed by atoms with Gasteiger partial charge in [0.15, 0.2) is 0 Å². The molecule has 0 bridgehead atoms. The van der Waals surface area contributed by atoms with Crippen molar-refractivity contribution in [1.29, 1.82) is 0 Å². The van der Waals surface area contributed by atoms with Gasteiger partial charge in [0.1, 0.15) is 11.6 Å². The number of rotatable bonds is 3. The van der Waals surface area contributed by atoms with Crippen LogP contribution < -0.4 is 5.32 Å². The SMILES string of the molecule is O=C(Nc1ccccn1)C1CCN(C(=O)c2ccccc2F)CC1. The molecule has 1 saturated heterocycles.